The van der Waals surface area contributed by atoms with Crippen LogP contribution in [-0.2, 0) is 30.4 Å². The number of aromatic hydroxyl groups is 1. The van der Waals surface area contributed by atoms with Crippen LogP contribution in [-0.4, -0.2) is 75.2 Å². The molecule has 13 nitrogen and oxygen atoms in total. The van der Waals surface area contributed by atoms with Crippen molar-refractivity contribution < 1.29 is 39.3 Å². The van der Waals surface area contributed by atoms with Crippen LogP contribution in [0.3, 0.4) is 0 Å². The van der Waals surface area contributed by atoms with Crippen LogP contribution < -0.4 is 27.4 Å². The fraction of sp³-hybridized carbons (Fsp3) is 0.450. The van der Waals surface area contributed by atoms with Gasteiger partial charge in [0.05, 0.1) is 18.6 Å². The summed E-state index contributed by atoms with van der Waals surface area (Å²) in [6.45, 7) is 2.54. The number of carboxylic acids is 1. The number of carbonyl (C=O) groups excluding carboxylic acids is 4. The number of hydrogen-bond acceptors (Lipinski definition) is 8. The SMILES string of the molecule is CC(N)C(=O)NC(Cc1ccc(O)cc1)C(=O)NC(CC(N)=O)C(=O)NC(C(=O)O)C(C)O. The highest BCUT2D eigenvalue weighted by Gasteiger charge is 2.32. The van der Waals surface area contributed by atoms with Crippen LogP contribution in [0.1, 0.15) is 25.8 Å². The largest absolute Gasteiger partial charge is 0.508 e. The fourth-order valence-electron chi connectivity index (χ4n) is 2.71. The molecule has 0 radical (unpaired) electrons. The van der Waals surface area contributed by atoms with Crippen LogP contribution in [0.4, 0.5) is 0 Å². The molecule has 0 aliphatic heterocycles. The molecule has 10 N–H and O–H groups in total. The number of benzene rings is 1. The number of phenolic OH excluding ortho intramolecular Hbond substituents is 1. The topological polar surface area (TPSA) is 234 Å². The van der Waals surface area contributed by atoms with Gasteiger partial charge in [-0.3, -0.25) is 19.2 Å². The Labute approximate surface area is 189 Å². The molecule has 0 aliphatic carbocycles. The molecule has 5 unspecified atom stereocenters. The number of rotatable bonds is 12. The summed E-state index contributed by atoms with van der Waals surface area (Å²) in [6.07, 6.45) is -2.19. The molecule has 182 valence electrons. The molecule has 0 aromatic heterocycles. The van der Waals surface area contributed by atoms with Gasteiger partial charge in [0.1, 0.15) is 17.8 Å². The van der Waals surface area contributed by atoms with Gasteiger partial charge in [0.15, 0.2) is 6.04 Å². The maximum Gasteiger partial charge on any atom is 0.328 e. The molecule has 0 spiro atoms. The Hall–Kier alpha value is -3.71. The van der Waals surface area contributed by atoms with Crippen LogP contribution in [0.2, 0.25) is 0 Å². The Bertz CT molecular complexity index is 872. The molecular weight excluding hydrogens is 438 g/mol. The van der Waals surface area contributed by atoms with E-state index in [0.29, 0.717) is 5.56 Å². The van der Waals surface area contributed by atoms with E-state index < -0.39 is 66.3 Å². The first-order chi connectivity index (χ1) is 15.3. The van der Waals surface area contributed by atoms with Crippen molar-refractivity contribution in [2.24, 2.45) is 11.5 Å². The second kappa shape index (κ2) is 12.4. The van der Waals surface area contributed by atoms with Gasteiger partial charge < -0.3 is 42.7 Å². The third kappa shape index (κ3) is 9.13. The highest BCUT2D eigenvalue weighted by molar-refractivity contribution is 5.96. The first kappa shape index (κ1) is 27.3. The minimum Gasteiger partial charge on any atom is -0.508 e. The molecule has 4 amide bonds. The van der Waals surface area contributed by atoms with Crippen molar-refractivity contribution in [3.05, 3.63) is 29.8 Å². The van der Waals surface area contributed by atoms with Crippen LogP contribution in [0.25, 0.3) is 0 Å². The molecule has 33 heavy (non-hydrogen) atoms. The number of aliphatic hydroxyl groups excluding tert-OH is 1. The molecule has 0 saturated carbocycles. The van der Waals surface area contributed by atoms with E-state index in [1.54, 1.807) is 0 Å². The zero-order valence-corrected chi connectivity index (χ0v) is 18.1. The third-order valence-corrected chi connectivity index (χ3v) is 4.51. The lowest BCUT2D eigenvalue weighted by molar-refractivity contribution is -0.145. The molecular formula is C20H29N5O8. The summed E-state index contributed by atoms with van der Waals surface area (Å²) < 4.78 is 0. The normalized spacial score (nSPS) is 15.3. The van der Waals surface area contributed by atoms with E-state index in [2.05, 4.69) is 10.6 Å². The van der Waals surface area contributed by atoms with E-state index in [1.807, 2.05) is 5.32 Å². The number of primary amides is 1. The van der Waals surface area contributed by atoms with Crippen LogP contribution in [0, 0.1) is 0 Å². The van der Waals surface area contributed by atoms with Gasteiger partial charge in [0.2, 0.25) is 23.6 Å². The Balaban J connectivity index is 3.10. The maximum absolute atomic E-state index is 12.9. The lowest BCUT2D eigenvalue weighted by atomic mass is 10.0. The molecule has 1 aromatic rings. The van der Waals surface area contributed by atoms with Crippen LogP contribution in [0.15, 0.2) is 24.3 Å². The Morgan fingerprint density at radius 2 is 1.42 bits per heavy atom. The quantitative estimate of drug-likeness (QED) is 0.157. The van der Waals surface area contributed by atoms with Crippen LogP contribution in [0.5, 0.6) is 5.75 Å². The van der Waals surface area contributed by atoms with Crippen molar-refractivity contribution in [1.82, 2.24) is 16.0 Å². The van der Waals surface area contributed by atoms with Gasteiger partial charge in [-0.1, -0.05) is 12.1 Å². The highest BCUT2D eigenvalue weighted by atomic mass is 16.4. The monoisotopic (exact) mass is 467 g/mol. The summed E-state index contributed by atoms with van der Waals surface area (Å²) in [7, 11) is 0. The molecule has 0 heterocycles. The summed E-state index contributed by atoms with van der Waals surface area (Å²) in [5.41, 5.74) is 11.2. The first-order valence-corrected chi connectivity index (χ1v) is 9.95. The van der Waals surface area contributed by atoms with Crippen molar-refractivity contribution in [3.63, 3.8) is 0 Å². The fourth-order valence-corrected chi connectivity index (χ4v) is 2.71. The van der Waals surface area contributed by atoms with Gasteiger partial charge in [-0.15, -0.1) is 0 Å². The van der Waals surface area contributed by atoms with Gasteiger partial charge in [-0.05, 0) is 31.5 Å². The van der Waals surface area contributed by atoms with E-state index in [9.17, 15) is 34.2 Å². The summed E-state index contributed by atoms with van der Waals surface area (Å²) in [5, 5.41) is 34.8. The van der Waals surface area contributed by atoms with Gasteiger partial charge >= 0.3 is 5.97 Å². The van der Waals surface area contributed by atoms with E-state index in [0.717, 1.165) is 6.92 Å². The minimum atomic E-state index is -1.70. The third-order valence-electron chi connectivity index (χ3n) is 4.51. The first-order valence-electron chi connectivity index (χ1n) is 9.95. The number of carboxylic acid groups (broad SMARTS) is 1. The van der Waals surface area contributed by atoms with Crippen molar-refractivity contribution in [1.29, 1.82) is 0 Å². The molecule has 1 aromatic carbocycles. The van der Waals surface area contributed by atoms with Crippen molar-refractivity contribution in [2.75, 3.05) is 0 Å². The van der Waals surface area contributed by atoms with Gasteiger partial charge in [-0.2, -0.15) is 0 Å². The van der Waals surface area contributed by atoms with E-state index >= 15 is 0 Å². The number of amides is 4. The number of hydrogen-bond donors (Lipinski definition) is 8. The van der Waals surface area contributed by atoms with Gasteiger partial charge in [-0.25, -0.2) is 4.79 Å². The summed E-state index contributed by atoms with van der Waals surface area (Å²) >= 11 is 0. The summed E-state index contributed by atoms with van der Waals surface area (Å²) in [4.78, 5) is 60.2. The molecule has 5 atom stereocenters. The van der Waals surface area contributed by atoms with Crippen molar-refractivity contribution >= 4 is 29.6 Å². The lowest BCUT2D eigenvalue weighted by Gasteiger charge is -2.25. The van der Waals surface area contributed by atoms with Gasteiger partial charge in [0.25, 0.3) is 0 Å². The molecule has 0 bridgehead atoms. The number of aliphatic hydroxyl groups is 1. The number of phenols is 1. The minimum absolute atomic E-state index is 0.0105. The van der Waals surface area contributed by atoms with Crippen molar-refractivity contribution in [3.8, 4) is 5.75 Å². The zero-order chi connectivity index (χ0) is 25.3. The predicted molar refractivity (Wildman–Crippen MR) is 114 cm³/mol. The van der Waals surface area contributed by atoms with E-state index in [1.165, 1.54) is 31.2 Å². The second-order valence-corrected chi connectivity index (χ2v) is 7.52. The smallest absolute Gasteiger partial charge is 0.328 e. The Kier molecular flexibility index (Phi) is 10.2. The summed E-state index contributed by atoms with van der Waals surface area (Å²) in [5.74, 6) is -5.11. The van der Waals surface area contributed by atoms with Crippen molar-refractivity contribution in [2.45, 2.75) is 57.0 Å². The average Bonchev–Trinajstić information content (AvgIpc) is 2.71. The van der Waals surface area contributed by atoms with E-state index in [4.69, 9.17) is 16.6 Å². The Morgan fingerprint density at radius 1 is 0.909 bits per heavy atom. The number of aliphatic carboxylic acids is 1. The molecule has 0 saturated heterocycles. The molecule has 13 heteroatoms. The second-order valence-electron chi connectivity index (χ2n) is 7.52. The lowest BCUT2D eigenvalue weighted by Crippen LogP contribution is -2.59. The maximum atomic E-state index is 12.9. The number of carbonyl (C=O) groups is 5. The standard InChI is InChI=1S/C20H29N5O8/c1-9(21)17(29)23-13(7-11-3-5-12(27)6-4-11)18(30)24-14(8-15(22)28)19(31)25-16(10(2)26)20(32)33/h3-6,9-10,13-14,16,26-27H,7-8,21H2,1-2H3,(H2,22,28)(H,23,29)(H,24,30)(H,25,31)(H,32,33). The number of nitrogens with two attached hydrogens (primary N) is 2. The molecule has 0 aliphatic rings. The number of nitrogens with one attached hydrogen (secondary N) is 3. The van der Waals surface area contributed by atoms with E-state index in [-0.39, 0.29) is 12.2 Å². The van der Waals surface area contributed by atoms with Gasteiger partial charge in [0, 0.05) is 6.42 Å². The molecule has 1 rings (SSSR count). The average molecular weight is 467 g/mol. The summed E-state index contributed by atoms with van der Waals surface area (Å²) in [6, 6.07) is 0.325. The molecule has 0 fully saturated rings. The Morgan fingerprint density at radius 3 is 1.88 bits per heavy atom. The predicted octanol–water partition coefficient (Wildman–Crippen LogP) is -2.92. The van der Waals surface area contributed by atoms with Crippen LogP contribution >= 0.6 is 0 Å². The zero-order valence-electron chi connectivity index (χ0n) is 18.1. The highest BCUT2D eigenvalue weighted by Crippen LogP contribution is 2.12.